The van der Waals surface area contributed by atoms with Crippen molar-refractivity contribution in [2.75, 3.05) is 14.1 Å². The monoisotopic (exact) mass is 158 g/mol. The Kier molecular flexibility index (Phi) is 4.86. The number of carbonyl (C=O) groups is 1. The van der Waals surface area contributed by atoms with Crippen molar-refractivity contribution < 1.29 is 4.79 Å². The minimum Gasteiger partial charge on any atom is -0.359 e. The lowest BCUT2D eigenvalue weighted by Crippen LogP contribution is -2.36. The lowest BCUT2D eigenvalue weighted by Gasteiger charge is -2.18. The van der Waals surface area contributed by atoms with Gasteiger partial charge in [0.25, 0.3) is 0 Å². The molecule has 1 unspecified atom stereocenters. The van der Waals surface area contributed by atoms with Gasteiger partial charge in [0.05, 0.1) is 0 Å². The van der Waals surface area contributed by atoms with Crippen molar-refractivity contribution in [3.63, 3.8) is 0 Å². The first-order chi connectivity index (χ1) is 5.11. The average Bonchev–Trinajstić information content (AvgIpc) is 1.99. The van der Waals surface area contributed by atoms with E-state index in [1.165, 1.54) is 0 Å². The van der Waals surface area contributed by atoms with Crippen molar-refractivity contribution in [1.29, 1.82) is 0 Å². The Morgan fingerprint density at radius 1 is 1.36 bits per heavy atom. The van der Waals surface area contributed by atoms with Crippen LogP contribution in [0, 0.1) is 5.92 Å². The normalized spacial score (nSPS) is 13.2. The van der Waals surface area contributed by atoms with Crippen LogP contribution in [0.4, 0.5) is 0 Å². The van der Waals surface area contributed by atoms with E-state index >= 15 is 0 Å². The fourth-order valence-corrected chi connectivity index (χ4v) is 0.973. The van der Waals surface area contributed by atoms with Gasteiger partial charge in [-0.25, -0.2) is 0 Å². The van der Waals surface area contributed by atoms with E-state index in [2.05, 4.69) is 24.5 Å². The molecular formula is C8H18N2O. The number of rotatable bonds is 4. The van der Waals surface area contributed by atoms with Gasteiger partial charge in [-0.15, -0.1) is 0 Å². The van der Waals surface area contributed by atoms with Crippen molar-refractivity contribution >= 4 is 5.91 Å². The molecule has 1 amide bonds. The molecule has 2 N–H and O–H groups in total. The standard InChI is InChI=1S/C8H18N2O/c1-6(2)7(9-3)5-8(11)10-4/h6-7,9H,5H2,1-4H3,(H,10,11). The molecule has 0 aliphatic heterocycles. The second kappa shape index (κ2) is 5.13. The summed E-state index contributed by atoms with van der Waals surface area (Å²) in [6.45, 7) is 4.20. The second-order valence-electron chi connectivity index (χ2n) is 3.02. The summed E-state index contributed by atoms with van der Waals surface area (Å²) in [5.41, 5.74) is 0. The maximum absolute atomic E-state index is 10.9. The van der Waals surface area contributed by atoms with E-state index in [4.69, 9.17) is 0 Å². The molecule has 0 bridgehead atoms. The van der Waals surface area contributed by atoms with Crippen molar-refractivity contribution in [2.24, 2.45) is 5.92 Å². The van der Waals surface area contributed by atoms with Crippen LogP contribution in [0.3, 0.4) is 0 Å². The fraction of sp³-hybridized carbons (Fsp3) is 0.875. The first-order valence-electron chi connectivity index (χ1n) is 3.99. The van der Waals surface area contributed by atoms with Gasteiger partial charge in [0.2, 0.25) is 5.91 Å². The predicted octanol–water partition coefficient (Wildman–Crippen LogP) is 0.366. The number of carbonyl (C=O) groups excluding carboxylic acids is 1. The summed E-state index contributed by atoms with van der Waals surface area (Å²) >= 11 is 0. The highest BCUT2D eigenvalue weighted by Crippen LogP contribution is 2.04. The van der Waals surface area contributed by atoms with Crippen molar-refractivity contribution in [3.05, 3.63) is 0 Å². The highest BCUT2D eigenvalue weighted by molar-refractivity contribution is 5.76. The molecule has 3 heteroatoms. The van der Waals surface area contributed by atoms with Crippen LogP contribution in [0.2, 0.25) is 0 Å². The zero-order valence-corrected chi connectivity index (χ0v) is 7.77. The quantitative estimate of drug-likeness (QED) is 0.620. The maximum atomic E-state index is 10.9. The summed E-state index contributed by atoms with van der Waals surface area (Å²) in [6, 6.07) is 0.287. The van der Waals surface area contributed by atoms with E-state index < -0.39 is 0 Å². The van der Waals surface area contributed by atoms with Crippen molar-refractivity contribution in [3.8, 4) is 0 Å². The molecule has 1 atom stereocenters. The Labute approximate surface area is 68.6 Å². The van der Waals surface area contributed by atoms with E-state index in [0.717, 1.165) is 0 Å². The Morgan fingerprint density at radius 2 is 1.91 bits per heavy atom. The summed E-state index contributed by atoms with van der Waals surface area (Å²) in [4.78, 5) is 10.9. The zero-order chi connectivity index (χ0) is 8.85. The van der Waals surface area contributed by atoms with Gasteiger partial charge in [-0.05, 0) is 13.0 Å². The SMILES string of the molecule is CNC(=O)CC(NC)C(C)C. The molecule has 11 heavy (non-hydrogen) atoms. The van der Waals surface area contributed by atoms with Gasteiger partial charge >= 0.3 is 0 Å². The Morgan fingerprint density at radius 3 is 2.18 bits per heavy atom. The summed E-state index contributed by atoms with van der Waals surface area (Å²) in [5, 5.41) is 5.71. The highest BCUT2D eigenvalue weighted by Gasteiger charge is 2.13. The van der Waals surface area contributed by atoms with Crippen LogP contribution in [-0.2, 0) is 4.79 Å². The molecule has 3 nitrogen and oxygen atoms in total. The number of hydrogen-bond donors (Lipinski definition) is 2. The summed E-state index contributed by atoms with van der Waals surface area (Å²) in [5.74, 6) is 0.593. The minimum absolute atomic E-state index is 0.0954. The van der Waals surface area contributed by atoms with Gasteiger partial charge in [-0.1, -0.05) is 13.8 Å². The number of amides is 1. The van der Waals surface area contributed by atoms with Crippen LogP contribution >= 0.6 is 0 Å². The zero-order valence-electron chi connectivity index (χ0n) is 7.77. The summed E-state index contributed by atoms with van der Waals surface area (Å²) < 4.78 is 0. The van der Waals surface area contributed by atoms with Gasteiger partial charge < -0.3 is 10.6 Å². The summed E-state index contributed by atoms with van der Waals surface area (Å²) in [7, 11) is 3.54. The third-order valence-electron chi connectivity index (χ3n) is 1.86. The molecule has 0 aliphatic rings. The molecule has 0 heterocycles. The molecule has 0 spiro atoms. The Balaban J connectivity index is 3.78. The molecule has 0 saturated carbocycles. The largest absolute Gasteiger partial charge is 0.359 e. The van der Waals surface area contributed by atoms with Crippen LogP contribution in [0.5, 0.6) is 0 Å². The molecule has 66 valence electrons. The van der Waals surface area contributed by atoms with Gasteiger partial charge in [0, 0.05) is 19.5 Å². The maximum Gasteiger partial charge on any atom is 0.221 e. The van der Waals surface area contributed by atoms with E-state index in [-0.39, 0.29) is 11.9 Å². The number of nitrogens with one attached hydrogen (secondary N) is 2. The molecule has 0 aromatic heterocycles. The first kappa shape index (κ1) is 10.4. The van der Waals surface area contributed by atoms with Crippen LogP contribution in [0.15, 0.2) is 0 Å². The smallest absolute Gasteiger partial charge is 0.221 e. The minimum atomic E-state index is 0.0954. The van der Waals surface area contributed by atoms with Crippen LogP contribution in [-0.4, -0.2) is 26.0 Å². The topological polar surface area (TPSA) is 41.1 Å². The van der Waals surface area contributed by atoms with E-state index in [9.17, 15) is 4.79 Å². The number of hydrogen-bond acceptors (Lipinski definition) is 2. The molecular weight excluding hydrogens is 140 g/mol. The summed E-state index contributed by atoms with van der Waals surface area (Å²) in [6.07, 6.45) is 0.560. The molecule has 0 radical (unpaired) electrons. The molecule has 0 aliphatic carbocycles. The second-order valence-corrected chi connectivity index (χ2v) is 3.02. The third kappa shape index (κ3) is 3.98. The van der Waals surface area contributed by atoms with Crippen molar-refractivity contribution in [2.45, 2.75) is 26.3 Å². The van der Waals surface area contributed by atoms with Crippen LogP contribution in [0.1, 0.15) is 20.3 Å². The Bertz CT molecular complexity index is 123. The van der Waals surface area contributed by atoms with Gasteiger partial charge in [0.1, 0.15) is 0 Å². The van der Waals surface area contributed by atoms with E-state index in [1.54, 1.807) is 7.05 Å². The third-order valence-corrected chi connectivity index (χ3v) is 1.86. The van der Waals surface area contributed by atoms with E-state index in [0.29, 0.717) is 12.3 Å². The van der Waals surface area contributed by atoms with Crippen LogP contribution < -0.4 is 10.6 Å². The predicted molar refractivity (Wildman–Crippen MR) is 46.4 cm³/mol. The van der Waals surface area contributed by atoms with E-state index in [1.807, 2.05) is 7.05 Å². The molecule has 0 aromatic carbocycles. The first-order valence-corrected chi connectivity index (χ1v) is 3.99. The lowest BCUT2D eigenvalue weighted by atomic mass is 10.0. The molecule has 0 saturated heterocycles. The molecule has 0 fully saturated rings. The van der Waals surface area contributed by atoms with Crippen LogP contribution in [0.25, 0.3) is 0 Å². The average molecular weight is 158 g/mol. The Hall–Kier alpha value is -0.570. The lowest BCUT2D eigenvalue weighted by molar-refractivity contribution is -0.121. The van der Waals surface area contributed by atoms with Gasteiger partial charge in [-0.3, -0.25) is 4.79 Å². The molecule has 0 aromatic rings. The van der Waals surface area contributed by atoms with Gasteiger partial charge in [0.15, 0.2) is 0 Å². The molecule has 0 rings (SSSR count). The fourth-order valence-electron chi connectivity index (χ4n) is 0.973. The van der Waals surface area contributed by atoms with Crippen molar-refractivity contribution in [1.82, 2.24) is 10.6 Å². The highest BCUT2D eigenvalue weighted by atomic mass is 16.1. The van der Waals surface area contributed by atoms with Gasteiger partial charge in [-0.2, -0.15) is 0 Å².